The highest BCUT2D eigenvalue weighted by Crippen LogP contribution is 2.40. The molecular formula is C34H48FN7O4Si. The summed E-state index contributed by atoms with van der Waals surface area (Å²) in [6, 6.07) is 20.6. The molecule has 5 rings (SSSR count). The Hall–Kier alpha value is -3.65. The molecule has 0 bridgehead atoms. The van der Waals surface area contributed by atoms with Gasteiger partial charge in [-0.2, -0.15) is 15.0 Å². The predicted molar refractivity (Wildman–Crippen MR) is 183 cm³/mol. The molecule has 2 aromatic carbocycles. The SMILES string of the molecule is CC(Oc1nc(/C(N)=N/O)nc(N2C[C@](C)(O[Si](c3ccccc3)(c3ccccc3)C(C)(C)C)COC[C@H]2C)n1)[C@H]1C[C@@H](F)CN1C. The molecule has 0 saturated carbocycles. The van der Waals surface area contributed by atoms with Gasteiger partial charge in [-0.3, -0.25) is 4.90 Å². The molecule has 254 valence electrons. The zero-order chi connectivity index (χ0) is 34.0. The summed E-state index contributed by atoms with van der Waals surface area (Å²) in [6.45, 7) is 14.1. The van der Waals surface area contributed by atoms with Gasteiger partial charge in [-0.25, -0.2) is 4.39 Å². The van der Waals surface area contributed by atoms with E-state index in [0.29, 0.717) is 32.7 Å². The molecule has 5 atom stereocenters. The molecule has 2 saturated heterocycles. The van der Waals surface area contributed by atoms with E-state index in [2.05, 4.69) is 91.3 Å². The van der Waals surface area contributed by atoms with Crippen LogP contribution in [0.3, 0.4) is 0 Å². The van der Waals surface area contributed by atoms with Crippen LogP contribution in [0.4, 0.5) is 10.3 Å². The normalized spacial score (nSPS) is 25.4. The highest BCUT2D eigenvalue weighted by atomic mass is 28.4. The van der Waals surface area contributed by atoms with Crippen molar-refractivity contribution in [2.45, 2.75) is 83.0 Å². The van der Waals surface area contributed by atoms with Gasteiger partial charge in [0.05, 0.1) is 31.4 Å². The van der Waals surface area contributed by atoms with Gasteiger partial charge in [0.25, 0.3) is 8.32 Å². The average molecular weight is 666 g/mol. The first-order valence-corrected chi connectivity index (χ1v) is 18.1. The van der Waals surface area contributed by atoms with E-state index in [1.165, 1.54) is 0 Å². The molecule has 2 aliphatic heterocycles. The zero-order valence-electron chi connectivity index (χ0n) is 28.4. The first-order valence-electron chi connectivity index (χ1n) is 16.2. The lowest BCUT2D eigenvalue weighted by Gasteiger charge is -2.49. The van der Waals surface area contributed by atoms with Gasteiger partial charge in [-0.1, -0.05) is 86.6 Å². The molecule has 0 amide bonds. The minimum absolute atomic E-state index is 0.00628. The molecule has 1 aromatic heterocycles. The van der Waals surface area contributed by atoms with Gasteiger partial charge in [-0.05, 0) is 49.7 Å². The van der Waals surface area contributed by atoms with Gasteiger partial charge >= 0.3 is 6.01 Å². The maximum absolute atomic E-state index is 14.2. The summed E-state index contributed by atoms with van der Waals surface area (Å²) in [5, 5.41) is 14.7. The number of likely N-dealkylation sites (N-methyl/N-ethyl adjacent to an activating group) is 1. The van der Waals surface area contributed by atoms with Gasteiger partial charge < -0.3 is 29.7 Å². The number of hydrogen-bond donors (Lipinski definition) is 2. The maximum atomic E-state index is 14.2. The minimum atomic E-state index is -2.97. The summed E-state index contributed by atoms with van der Waals surface area (Å²) in [5.74, 6) is -0.0324. The van der Waals surface area contributed by atoms with Crippen LogP contribution in [0.2, 0.25) is 5.04 Å². The highest BCUT2D eigenvalue weighted by Gasteiger charge is 2.54. The molecule has 0 radical (unpaired) electrons. The summed E-state index contributed by atoms with van der Waals surface area (Å²) in [4.78, 5) is 17.6. The highest BCUT2D eigenvalue weighted by molar-refractivity contribution is 6.99. The van der Waals surface area contributed by atoms with Crippen LogP contribution in [-0.4, -0.2) is 103 Å². The number of nitrogens with zero attached hydrogens (tertiary/aromatic N) is 6. The first-order chi connectivity index (χ1) is 22.3. The van der Waals surface area contributed by atoms with E-state index < -0.39 is 26.2 Å². The van der Waals surface area contributed by atoms with E-state index in [4.69, 9.17) is 24.6 Å². The lowest BCUT2D eigenvalue weighted by Crippen LogP contribution is -2.70. The van der Waals surface area contributed by atoms with Crippen molar-refractivity contribution in [3.8, 4) is 6.01 Å². The Morgan fingerprint density at radius 1 is 1.11 bits per heavy atom. The molecular weight excluding hydrogens is 618 g/mol. The van der Waals surface area contributed by atoms with Crippen molar-refractivity contribution in [3.63, 3.8) is 0 Å². The van der Waals surface area contributed by atoms with E-state index in [-0.39, 0.29) is 40.7 Å². The summed E-state index contributed by atoms with van der Waals surface area (Å²) in [5.41, 5.74) is 5.20. The number of ether oxygens (including phenoxy) is 2. The van der Waals surface area contributed by atoms with Gasteiger partial charge in [0.1, 0.15) is 12.3 Å². The molecule has 13 heteroatoms. The van der Waals surface area contributed by atoms with E-state index in [0.717, 1.165) is 10.4 Å². The van der Waals surface area contributed by atoms with Crippen LogP contribution in [0, 0.1) is 0 Å². The molecule has 2 aliphatic rings. The van der Waals surface area contributed by atoms with Gasteiger partial charge in [0.2, 0.25) is 17.6 Å². The largest absolute Gasteiger partial charge is 0.459 e. The monoisotopic (exact) mass is 665 g/mol. The third-order valence-corrected chi connectivity index (χ3v) is 14.4. The number of benzene rings is 2. The lowest BCUT2D eigenvalue weighted by molar-refractivity contribution is -0.00222. The number of amidine groups is 1. The van der Waals surface area contributed by atoms with Crippen molar-refractivity contribution < 1.29 is 23.5 Å². The number of likely N-dealkylation sites (tertiary alicyclic amines) is 1. The number of rotatable bonds is 9. The molecule has 3 N–H and O–H groups in total. The fourth-order valence-corrected chi connectivity index (χ4v) is 11.7. The summed E-state index contributed by atoms with van der Waals surface area (Å²) < 4.78 is 34.3. The van der Waals surface area contributed by atoms with Gasteiger partial charge in [-0.15, -0.1) is 0 Å². The smallest absolute Gasteiger partial charge is 0.322 e. The Labute approximate surface area is 278 Å². The number of nitrogens with two attached hydrogens (primary N) is 1. The number of alkyl halides is 1. The van der Waals surface area contributed by atoms with Crippen LogP contribution in [0.25, 0.3) is 0 Å². The molecule has 3 heterocycles. The van der Waals surface area contributed by atoms with Crippen LogP contribution in [0.5, 0.6) is 6.01 Å². The number of oxime groups is 1. The number of anilines is 1. The summed E-state index contributed by atoms with van der Waals surface area (Å²) in [7, 11) is -1.10. The van der Waals surface area contributed by atoms with Crippen LogP contribution < -0.4 is 25.7 Å². The predicted octanol–water partition coefficient (Wildman–Crippen LogP) is 3.34. The van der Waals surface area contributed by atoms with Crippen molar-refractivity contribution >= 4 is 30.5 Å². The Morgan fingerprint density at radius 3 is 2.26 bits per heavy atom. The molecule has 1 unspecified atom stereocenters. The van der Waals surface area contributed by atoms with Crippen molar-refractivity contribution in [3.05, 3.63) is 66.5 Å². The Kier molecular flexibility index (Phi) is 10.2. The average Bonchev–Trinajstić information content (AvgIpc) is 3.31. The topological polar surface area (TPSA) is 131 Å². The molecule has 11 nitrogen and oxygen atoms in total. The third-order valence-electron chi connectivity index (χ3n) is 9.20. The second kappa shape index (κ2) is 13.8. The second-order valence-electron chi connectivity index (χ2n) is 14.1. The van der Waals surface area contributed by atoms with E-state index in [9.17, 15) is 9.60 Å². The Morgan fingerprint density at radius 2 is 1.72 bits per heavy atom. The van der Waals surface area contributed by atoms with E-state index in [1.54, 1.807) is 0 Å². The standard InChI is InChI=1S/C34H48FN7O4Si/c1-23-20-44-22-34(6,46-47(33(3,4)5,26-14-10-8-11-15-26)27-16-12-9-13-17-27)21-42(23)31-37-30(29(36)40-43)38-32(39-31)45-24(2)28-18-25(35)19-41(28)7/h8-17,23-25,28,43H,18-22H2,1-7H3,(H2,36,40)/t23-,24?,25-,28-,34+/m1/s1. The molecule has 0 spiro atoms. The van der Waals surface area contributed by atoms with Crippen molar-refractivity contribution in [1.29, 1.82) is 0 Å². The van der Waals surface area contributed by atoms with Crippen LogP contribution >= 0.6 is 0 Å². The zero-order valence-corrected chi connectivity index (χ0v) is 29.4. The quantitative estimate of drug-likeness (QED) is 0.115. The second-order valence-corrected chi connectivity index (χ2v) is 18.3. The van der Waals surface area contributed by atoms with Gasteiger partial charge in [0, 0.05) is 12.6 Å². The Balaban J connectivity index is 1.55. The minimum Gasteiger partial charge on any atom is -0.459 e. The fourth-order valence-electron chi connectivity index (χ4n) is 6.89. The van der Waals surface area contributed by atoms with Crippen LogP contribution in [0.15, 0.2) is 65.8 Å². The molecule has 2 fully saturated rings. The molecule has 47 heavy (non-hydrogen) atoms. The first kappa shape index (κ1) is 34.7. The lowest BCUT2D eigenvalue weighted by atomic mass is 10.1. The van der Waals surface area contributed by atoms with Crippen molar-refractivity contribution in [2.75, 3.05) is 38.3 Å². The van der Waals surface area contributed by atoms with Crippen molar-refractivity contribution in [1.82, 2.24) is 19.9 Å². The molecule has 3 aromatic rings. The van der Waals surface area contributed by atoms with Crippen LogP contribution in [0.1, 0.15) is 53.8 Å². The van der Waals surface area contributed by atoms with Gasteiger partial charge in [0.15, 0.2) is 0 Å². The van der Waals surface area contributed by atoms with Crippen LogP contribution in [-0.2, 0) is 9.16 Å². The third kappa shape index (κ3) is 7.27. The number of hydrogen-bond acceptors (Lipinski definition) is 10. The summed E-state index contributed by atoms with van der Waals surface area (Å²) >= 11 is 0. The maximum Gasteiger partial charge on any atom is 0.322 e. The number of halogens is 1. The fraction of sp³-hybridized carbons (Fsp3) is 0.529. The summed E-state index contributed by atoms with van der Waals surface area (Å²) in [6.07, 6.45) is -1.00. The van der Waals surface area contributed by atoms with E-state index >= 15 is 0 Å². The number of aromatic nitrogens is 3. The van der Waals surface area contributed by atoms with Crippen molar-refractivity contribution in [2.24, 2.45) is 10.9 Å². The van der Waals surface area contributed by atoms with E-state index in [1.807, 2.05) is 42.8 Å². The molecule has 0 aliphatic carbocycles. The Bertz CT molecular complexity index is 1490.